The number of nitrogens with zero attached hydrogens (tertiary/aromatic N) is 1. The number of H-pyrrole nitrogens is 1. The Morgan fingerprint density at radius 3 is 2.46 bits per heavy atom. The zero-order valence-electron chi connectivity index (χ0n) is 12.4. The van der Waals surface area contributed by atoms with E-state index in [0.29, 0.717) is 17.8 Å². The molecule has 0 radical (unpaired) electrons. The second-order valence-corrected chi connectivity index (χ2v) is 5.40. The van der Waals surface area contributed by atoms with Gasteiger partial charge in [0.05, 0.1) is 5.56 Å². The van der Waals surface area contributed by atoms with Crippen LogP contribution in [-0.2, 0) is 11.0 Å². The lowest BCUT2D eigenvalue weighted by atomic mass is 10.0. The molecule has 1 aromatic heterocycles. The second-order valence-electron chi connectivity index (χ2n) is 5.40. The highest BCUT2D eigenvalue weighted by Gasteiger charge is 2.36. The maximum Gasteiger partial charge on any atom is 0.416 e. The van der Waals surface area contributed by atoms with Gasteiger partial charge in [0.2, 0.25) is 5.91 Å². The highest BCUT2D eigenvalue weighted by molar-refractivity contribution is 5.97. The van der Waals surface area contributed by atoms with Crippen molar-refractivity contribution in [2.24, 2.45) is 0 Å². The van der Waals surface area contributed by atoms with E-state index >= 15 is 0 Å². The van der Waals surface area contributed by atoms with Crippen molar-refractivity contribution in [2.75, 3.05) is 13.1 Å². The Labute approximate surface area is 135 Å². The molecule has 1 aromatic carbocycles. The van der Waals surface area contributed by atoms with Gasteiger partial charge < -0.3 is 15.2 Å². The van der Waals surface area contributed by atoms with Crippen LogP contribution in [0.15, 0.2) is 42.6 Å². The summed E-state index contributed by atoms with van der Waals surface area (Å²) in [6.45, 7) is 0.567. The highest BCUT2D eigenvalue weighted by atomic mass is 19.4. The number of halogens is 3. The predicted molar refractivity (Wildman–Crippen MR) is 79.0 cm³/mol. The van der Waals surface area contributed by atoms with Crippen molar-refractivity contribution in [2.45, 2.75) is 12.2 Å². The van der Waals surface area contributed by atoms with Crippen LogP contribution < -0.4 is 5.32 Å². The van der Waals surface area contributed by atoms with Crippen LogP contribution in [0.25, 0.3) is 0 Å². The van der Waals surface area contributed by atoms with E-state index in [0.717, 1.165) is 12.1 Å². The molecule has 2 heterocycles. The van der Waals surface area contributed by atoms with Gasteiger partial charge in [-0.3, -0.25) is 9.59 Å². The lowest BCUT2D eigenvalue weighted by Crippen LogP contribution is -2.52. The molecule has 3 rings (SSSR count). The second kappa shape index (κ2) is 6.03. The Balaban J connectivity index is 1.92. The number of carbonyl (C=O) groups excluding carboxylic acids is 2. The zero-order valence-corrected chi connectivity index (χ0v) is 12.4. The Kier molecular flexibility index (Phi) is 4.04. The molecule has 1 fully saturated rings. The molecule has 24 heavy (non-hydrogen) atoms. The average Bonchev–Trinajstić information content (AvgIpc) is 3.08. The van der Waals surface area contributed by atoms with Gasteiger partial charge in [0, 0.05) is 19.3 Å². The molecule has 1 atom stereocenters. The molecule has 8 heteroatoms. The molecule has 1 saturated heterocycles. The van der Waals surface area contributed by atoms with Gasteiger partial charge in [0.15, 0.2) is 0 Å². The van der Waals surface area contributed by atoms with E-state index in [2.05, 4.69) is 10.3 Å². The molecule has 0 aliphatic carbocycles. The number of alkyl halides is 3. The van der Waals surface area contributed by atoms with Crippen LogP contribution in [-0.4, -0.2) is 34.8 Å². The number of aromatic nitrogens is 1. The molecule has 0 saturated carbocycles. The van der Waals surface area contributed by atoms with Gasteiger partial charge >= 0.3 is 6.18 Å². The van der Waals surface area contributed by atoms with Crippen LogP contribution >= 0.6 is 0 Å². The summed E-state index contributed by atoms with van der Waals surface area (Å²) in [5.41, 5.74) is -0.147. The van der Waals surface area contributed by atoms with E-state index in [1.807, 2.05) is 0 Å². The van der Waals surface area contributed by atoms with Gasteiger partial charge in [-0.2, -0.15) is 13.2 Å². The normalized spacial score (nSPS) is 18.4. The number of hydrogen-bond donors (Lipinski definition) is 2. The minimum atomic E-state index is -4.45. The number of carbonyl (C=O) groups is 2. The van der Waals surface area contributed by atoms with E-state index in [-0.39, 0.29) is 12.5 Å². The monoisotopic (exact) mass is 337 g/mol. The SMILES string of the molecule is O=C1NCCN(C(=O)c2ccc[nH]2)[C@@H]1c1ccc(C(F)(F)F)cc1. The van der Waals surface area contributed by atoms with E-state index in [1.165, 1.54) is 17.0 Å². The van der Waals surface area contributed by atoms with Crippen LogP contribution in [0.4, 0.5) is 13.2 Å². The number of nitrogens with one attached hydrogen (secondary N) is 2. The summed E-state index contributed by atoms with van der Waals surface area (Å²) in [5.74, 6) is -0.791. The quantitative estimate of drug-likeness (QED) is 0.883. The number of benzene rings is 1. The first-order valence-corrected chi connectivity index (χ1v) is 7.27. The first-order valence-electron chi connectivity index (χ1n) is 7.27. The molecule has 2 N–H and O–H groups in total. The molecule has 2 amide bonds. The summed E-state index contributed by atoms with van der Waals surface area (Å²) in [6, 6.07) is 6.56. The van der Waals surface area contributed by atoms with Crippen molar-refractivity contribution in [1.29, 1.82) is 0 Å². The fourth-order valence-electron chi connectivity index (χ4n) is 2.69. The Morgan fingerprint density at radius 1 is 1.17 bits per heavy atom. The molecule has 5 nitrogen and oxygen atoms in total. The number of rotatable bonds is 2. The summed E-state index contributed by atoms with van der Waals surface area (Å²) in [4.78, 5) is 28.9. The molecule has 0 spiro atoms. The maximum atomic E-state index is 12.7. The van der Waals surface area contributed by atoms with E-state index in [1.54, 1.807) is 18.3 Å². The Bertz CT molecular complexity index is 739. The first kappa shape index (κ1) is 16.1. The van der Waals surface area contributed by atoms with Gasteiger partial charge in [-0.1, -0.05) is 12.1 Å². The highest BCUT2D eigenvalue weighted by Crippen LogP contribution is 2.31. The summed E-state index contributed by atoms with van der Waals surface area (Å²) in [7, 11) is 0. The van der Waals surface area contributed by atoms with Gasteiger partial charge in [-0.05, 0) is 29.8 Å². The average molecular weight is 337 g/mol. The molecular weight excluding hydrogens is 323 g/mol. The molecule has 126 valence electrons. The fraction of sp³-hybridized carbons (Fsp3) is 0.250. The van der Waals surface area contributed by atoms with Crippen LogP contribution in [0.2, 0.25) is 0 Å². The molecule has 0 bridgehead atoms. The van der Waals surface area contributed by atoms with Crippen molar-refractivity contribution in [1.82, 2.24) is 15.2 Å². The van der Waals surface area contributed by atoms with Gasteiger partial charge in [-0.15, -0.1) is 0 Å². The lowest BCUT2D eigenvalue weighted by molar-refractivity contribution is -0.137. The molecule has 0 unspecified atom stereocenters. The first-order chi connectivity index (χ1) is 11.4. The largest absolute Gasteiger partial charge is 0.416 e. The predicted octanol–water partition coefficient (Wildman–Crippen LogP) is 2.35. The Morgan fingerprint density at radius 2 is 1.88 bits per heavy atom. The lowest BCUT2D eigenvalue weighted by Gasteiger charge is -2.35. The number of piperazine rings is 1. The topological polar surface area (TPSA) is 65.2 Å². The van der Waals surface area contributed by atoms with Crippen LogP contribution in [0.3, 0.4) is 0 Å². The molecule has 2 aromatic rings. The van der Waals surface area contributed by atoms with Crippen molar-refractivity contribution in [3.05, 3.63) is 59.4 Å². The van der Waals surface area contributed by atoms with E-state index in [9.17, 15) is 22.8 Å². The van der Waals surface area contributed by atoms with Gasteiger partial charge in [-0.25, -0.2) is 0 Å². The van der Waals surface area contributed by atoms with Crippen LogP contribution in [0, 0.1) is 0 Å². The zero-order chi connectivity index (χ0) is 17.3. The van der Waals surface area contributed by atoms with E-state index in [4.69, 9.17) is 0 Å². The summed E-state index contributed by atoms with van der Waals surface area (Å²) >= 11 is 0. The number of hydrogen-bond acceptors (Lipinski definition) is 2. The maximum absolute atomic E-state index is 12.7. The number of amides is 2. The minimum Gasteiger partial charge on any atom is -0.357 e. The van der Waals surface area contributed by atoms with Crippen LogP contribution in [0.5, 0.6) is 0 Å². The molecular formula is C16H14F3N3O2. The third-order valence-electron chi connectivity index (χ3n) is 3.85. The number of aromatic amines is 1. The van der Waals surface area contributed by atoms with Gasteiger partial charge in [0.25, 0.3) is 5.91 Å². The Hall–Kier alpha value is -2.77. The van der Waals surface area contributed by atoms with E-state index < -0.39 is 23.7 Å². The summed E-state index contributed by atoms with van der Waals surface area (Å²) in [5, 5.41) is 2.64. The molecule has 1 aliphatic heterocycles. The van der Waals surface area contributed by atoms with Crippen molar-refractivity contribution in [3.8, 4) is 0 Å². The van der Waals surface area contributed by atoms with Crippen molar-refractivity contribution < 1.29 is 22.8 Å². The smallest absolute Gasteiger partial charge is 0.357 e. The fourth-order valence-corrected chi connectivity index (χ4v) is 2.69. The third kappa shape index (κ3) is 2.99. The van der Waals surface area contributed by atoms with Crippen LogP contribution in [0.1, 0.15) is 27.7 Å². The standard InChI is InChI=1S/C16H14F3N3O2/c17-16(18,19)11-5-3-10(4-6-11)13-14(23)21-8-9-22(13)15(24)12-2-1-7-20-12/h1-7,13,20H,8-9H2,(H,21,23)/t13-/m1/s1. The van der Waals surface area contributed by atoms with Crippen molar-refractivity contribution >= 4 is 11.8 Å². The summed E-state index contributed by atoms with van der Waals surface area (Å²) < 4.78 is 38.0. The molecule has 1 aliphatic rings. The third-order valence-corrected chi connectivity index (χ3v) is 3.85. The van der Waals surface area contributed by atoms with Crippen molar-refractivity contribution in [3.63, 3.8) is 0 Å². The minimum absolute atomic E-state index is 0.273. The summed E-state index contributed by atoms with van der Waals surface area (Å²) in [6.07, 6.45) is -2.86. The van der Waals surface area contributed by atoms with Gasteiger partial charge in [0.1, 0.15) is 11.7 Å².